The number of hydrogen-bond acceptors (Lipinski definition) is 6. The molecule has 3 aromatic rings. The van der Waals surface area contributed by atoms with Gasteiger partial charge in [-0.2, -0.15) is 0 Å². The minimum absolute atomic E-state index is 0.0517. The minimum atomic E-state index is -0.115. The summed E-state index contributed by atoms with van der Waals surface area (Å²) in [5, 5.41) is 3.18. The molecule has 4 aliphatic heterocycles. The molecule has 8 heteroatoms. The second-order valence-electron chi connectivity index (χ2n) is 8.47. The van der Waals surface area contributed by atoms with Crippen LogP contribution in [0.5, 0.6) is 0 Å². The average Bonchev–Trinajstić information content (AvgIpc) is 3.30. The summed E-state index contributed by atoms with van der Waals surface area (Å²) >= 11 is 0. The second-order valence-corrected chi connectivity index (χ2v) is 8.47. The number of anilines is 1. The number of benzene rings is 1. The van der Waals surface area contributed by atoms with Gasteiger partial charge < -0.3 is 24.8 Å². The van der Waals surface area contributed by atoms with Crippen LogP contribution in [0.4, 0.5) is 5.69 Å². The van der Waals surface area contributed by atoms with Gasteiger partial charge in [-0.3, -0.25) is 4.79 Å². The quantitative estimate of drug-likeness (QED) is 0.617. The molecule has 0 saturated carbocycles. The summed E-state index contributed by atoms with van der Waals surface area (Å²) in [5.74, 6) is 4.05. The first kappa shape index (κ1) is 19.1. The average molecular weight is 428 g/mol. The summed E-state index contributed by atoms with van der Waals surface area (Å²) in [7, 11) is 0. The van der Waals surface area contributed by atoms with Gasteiger partial charge in [0.2, 0.25) is 0 Å². The molecule has 6 heterocycles. The van der Waals surface area contributed by atoms with E-state index in [2.05, 4.69) is 54.2 Å². The van der Waals surface area contributed by atoms with Crippen molar-refractivity contribution in [3.05, 3.63) is 42.1 Å². The van der Waals surface area contributed by atoms with Crippen molar-refractivity contribution >= 4 is 22.8 Å². The zero-order valence-corrected chi connectivity index (χ0v) is 17.7. The standard InChI is InChI=1S/C24H24N6O2/c31-24(26-20-15-29-9-6-16(20)7-10-29)19-5-8-25-23-21(19)27-22(28-23)17-1-3-18(4-2-17)30-11-13-32-14-12-30/h1-5,8,16,20H,6,9,11-15H2,(H,26,31)(H,25,27,28). The molecule has 2 bridgehead atoms. The summed E-state index contributed by atoms with van der Waals surface area (Å²) in [6.45, 7) is 5.08. The Labute approximate surface area is 186 Å². The van der Waals surface area contributed by atoms with Gasteiger partial charge in [0.25, 0.3) is 5.91 Å². The highest BCUT2D eigenvalue weighted by molar-refractivity contribution is 6.04. The fourth-order valence-electron chi connectivity index (χ4n) is 4.68. The number of ether oxygens (including phenoxy) is 1. The van der Waals surface area contributed by atoms with Gasteiger partial charge in [0.1, 0.15) is 5.82 Å². The molecular formula is C24H24N6O2. The van der Waals surface area contributed by atoms with Crippen LogP contribution >= 0.6 is 0 Å². The van der Waals surface area contributed by atoms with Gasteiger partial charge >= 0.3 is 0 Å². The number of pyridine rings is 1. The molecule has 1 amide bonds. The molecule has 32 heavy (non-hydrogen) atoms. The number of H-pyrrole nitrogens is 1. The fourth-order valence-corrected chi connectivity index (χ4v) is 4.68. The number of morpholine rings is 1. The lowest BCUT2D eigenvalue weighted by Gasteiger charge is -2.38. The Morgan fingerprint density at radius 2 is 2.00 bits per heavy atom. The number of carbonyl (C=O) groups is 1. The van der Waals surface area contributed by atoms with Gasteiger partial charge in [-0.1, -0.05) is 5.92 Å². The highest BCUT2D eigenvalue weighted by atomic mass is 16.5. The topological polar surface area (TPSA) is 86.4 Å². The molecule has 162 valence electrons. The molecule has 2 fully saturated rings. The third-order valence-electron chi connectivity index (χ3n) is 6.49. The summed E-state index contributed by atoms with van der Waals surface area (Å²) in [6.07, 6.45) is 2.64. The molecule has 2 saturated heterocycles. The Balaban J connectivity index is 1.24. The minimum Gasteiger partial charge on any atom is -0.378 e. The number of hydrogen-bond donors (Lipinski definition) is 2. The number of rotatable bonds is 4. The van der Waals surface area contributed by atoms with Gasteiger partial charge in [-0.05, 0) is 36.8 Å². The van der Waals surface area contributed by atoms with Crippen molar-refractivity contribution in [2.75, 3.05) is 44.3 Å². The maximum absolute atomic E-state index is 13.1. The van der Waals surface area contributed by atoms with Crippen molar-refractivity contribution in [1.29, 1.82) is 0 Å². The Morgan fingerprint density at radius 1 is 1.16 bits per heavy atom. The normalized spacial score (nSPS) is 22.0. The van der Waals surface area contributed by atoms with Crippen LogP contribution in [0, 0.1) is 17.9 Å². The highest BCUT2D eigenvalue weighted by Gasteiger charge is 2.32. The predicted octanol–water partition coefficient (Wildman–Crippen LogP) is 1.86. The Morgan fingerprint density at radius 3 is 2.72 bits per heavy atom. The molecule has 0 aliphatic carbocycles. The monoisotopic (exact) mass is 428 g/mol. The predicted molar refractivity (Wildman–Crippen MR) is 121 cm³/mol. The molecule has 2 aromatic heterocycles. The van der Waals surface area contributed by atoms with Crippen LogP contribution in [0.25, 0.3) is 22.6 Å². The van der Waals surface area contributed by atoms with Crippen LogP contribution in [0.3, 0.4) is 0 Å². The number of aromatic amines is 1. The SMILES string of the molecule is O=C(NC1CN2C#CC1CC2)c1ccnc2nc(-c3ccc(N4CCOCC4)cc3)[nH]c12. The van der Waals surface area contributed by atoms with Crippen molar-refractivity contribution < 1.29 is 9.53 Å². The van der Waals surface area contributed by atoms with Crippen molar-refractivity contribution in [1.82, 2.24) is 25.2 Å². The molecule has 0 spiro atoms. The lowest BCUT2D eigenvalue weighted by Crippen LogP contribution is -2.53. The summed E-state index contributed by atoms with van der Waals surface area (Å²) in [6, 6.07) is 13.2. The number of aromatic nitrogens is 3. The zero-order chi connectivity index (χ0) is 21.5. The number of nitrogens with one attached hydrogen (secondary N) is 2. The molecule has 2 N–H and O–H groups in total. The lowest BCUT2D eigenvalue weighted by molar-refractivity contribution is 0.0899. The lowest BCUT2D eigenvalue weighted by atomic mass is 9.89. The van der Waals surface area contributed by atoms with E-state index in [1.54, 1.807) is 12.3 Å². The van der Waals surface area contributed by atoms with Gasteiger partial charge in [0.05, 0.1) is 30.3 Å². The summed E-state index contributed by atoms with van der Waals surface area (Å²) in [5.41, 5.74) is 3.89. The fraction of sp³-hybridized carbons (Fsp3) is 0.375. The largest absolute Gasteiger partial charge is 0.378 e. The van der Waals surface area contributed by atoms with E-state index in [-0.39, 0.29) is 17.9 Å². The molecular weight excluding hydrogens is 404 g/mol. The van der Waals surface area contributed by atoms with Crippen molar-refractivity contribution in [3.63, 3.8) is 0 Å². The first-order valence-electron chi connectivity index (χ1n) is 11.1. The first-order chi connectivity index (χ1) is 15.7. The third kappa shape index (κ3) is 3.45. The molecule has 2 atom stereocenters. The highest BCUT2D eigenvalue weighted by Crippen LogP contribution is 2.26. The number of piperidine rings is 1. The van der Waals surface area contributed by atoms with Gasteiger partial charge in [-0.15, -0.1) is 0 Å². The third-order valence-corrected chi connectivity index (χ3v) is 6.49. The maximum atomic E-state index is 13.1. The van der Waals surface area contributed by atoms with E-state index < -0.39 is 0 Å². The summed E-state index contributed by atoms with van der Waals surface area (Å²) in [4.78, 5) is 29.8. The Kier molecular flexibility index (Phi) is 4.69. The van der Waals surface area contributed by atoms with Crippen LogP contribution in [-0.2, 0) is 4.74 Å². The van der Waals surface area contributed by atoms with Gasteiger partial charge in [0.15, 0.2) is 5.65 Å². The van der Waals surface area contributed by atoms with Crippen LogP contribution in [-0.4, -0.2) is 71.2 Å². The summed E-state index contributed by atoms with van der Waals surface area (Å²) < 4.78 is 5.44. The van der Waals surface area contributed by atoms with Crippen LogP contribution in [0.1, 0.15) is 16.8 Å². The van der Waals surface area contributed by atoms with Crippen LogP contribution in [0.2, 0.25) is 0 Å². The van der Waals surface area contributed by atoms with Gasteiger partial charge in [-0.25, -0.2) is 9.97 Å². The number of imidazole rings is 1. The Hall–Kier alpha value is -3.57. The van der Waals surface area contributed by atoms with Crippen molar-refractivity contribution in [2.45, 2.75) is 12.5 Å². The molecule has 0 radical (unpaired) electrons. The number of fused-ring (bicyclic) bond motifs is 3. The zero-order valence-electron chi connectivity index (χ0n) is 17.7. The van der Waals surface area contributed by atoms with Crippen LogP contribution < -0.4 is 10.2 Å². The molecule has 8 nitrogen and oxygen atoms in total. The van der Waals surface area contributed by atoms with E-state index in [0.29, 0.717) is 22.6 Å². The molecule has 1 aromatic carbocycles. The second kappa shape index (κ2) is 7.84. The number of carbonyl (C=O) groups excluding carboxylic acids is 1. The van der Waals surface area contributed by atoms with E-state index in [1.165, 1.54) is 5.69 Å². The Bertz CT molecular complexity index is 1220. The molecule has 4 aliphatic rings. The number of nitrogens with zero attached hydrogens (tertiary/aromatic N) is 4. The van der Waals surface area contributed by atoms with E-state index in [1.807, 2.05) is 12.1 Å². The van der Waals surface area contributed by atoms with Gasteiger partial charge in [0, 0.05) is 55.6 Å². The van der Waals surface area contributed by atoms with Crippen LogP contribution in [0.15, 0.2) is 36.5 Å². The first-order valence-corrected chi connectivity index (χ1v) is 11.1. The van der Waals surface area contributed by atoms with E-state index >= 15 is 0 Å². The maximum Gasteiger partial charge on any atom is 0.253 e. The number of amides is 1. The molecule has 7 rings (SSSR count). The van der Waals surface area contributed by atoms with E-state index in [4.69, 9.17) is 4.74 Å². The smallest absolute Gasteiger partial charge is 0.253 e. The van der Waals surface area contributed by atoms with E-state index in [9.17, 15) is 4.79 Å². The van der Waals surface area contributed by atoms with E-state index in [0.717, 1.165) is 51.4 Å². The molecule has 2 unspecified atom stereocenters. The van der Waals surface area contributed by atoms with Crippen molar-refractivity contribution in [2.24, 2.45) is 5.92 Å². The van der Waals surface area contributed by atoms with Crippen molar-refractivity contribution in [3.8, 4) is 23.4 Å².